The number of nitrogens with zero attached hydrogens (tertiary/aromatic N) is 2. The zero-order valence-corrected chi connectivity index (χ0v) is 17.2. The second-order valence-corrected chi connectivity index (χ2v) is 7.22. The van der Waals surface area contributed by atoms with Crippen LogP contribution in [0.15, 0.2) is 65.7 Å². The van der Waals surface area contributed by atoms with Crippen LogP contribution in [0.4, 0.5) is 0 Å². The van der Waals surface area contributed by atoms with E-state index in [-0.39, 0.29) is 5.91 Å². The fraction of sp³-hybridized carbons (Fsp3) is 0.227. The van der Waals surface area contributed by atoms with Gasteiger partial charge < -0.3 is 14.8 Å². The number of carbonyl (C=O) groups excluding carboxylic acids is 1. The molecule has 6 nitrogen and oxygen atoms in total. The molecule has 29 heavy (non-hydrogen) atoms. The molecule has 0 aliphatic rings. The lowest BCUT2D eigenvalue weighted by Crippen LogP contribution is -2.27. The Balaban J connectivity index is 1.42. The summed E-state index contributed by atoms with van der Waals surface area (Å²) < 4.78 is 10.3. The molecule has 150 valence electrons. The van der Waals surface area contributed by atoms with Gasteiger partial charge >= 0.3 is 0 Å². The van der Waals surface area contributed by atoms with Crippen LogP contribution in [0.3, 0.4) is 0 Å². The van der Waals surface area contributed by atoms with Crippen molar-refractivity contribution in [2.24, 2.45) is 0 Å². The van der Waals surface area contributed by atoms with Crippen molar-refractivity contribution in [3.8, 4) is 22.8 Å². The molecule has 1 aromatic heterocycles. The highest BCUT2D eigenvalue weighted by molar-refractivity contribution is 7.99. The SMILES string of the molecule is COc1ccc(CCNC(=O)CSc2ccc(-c3ccc(OC)cc3)nn2)cc1. The van der Waals surface area contributed by atoms with Crippen LogP contribution in [0.25, 0.3) is 11.3 Å². The molecular formula is C22H23N3O3S. The molecule has 3 rings (SSSR count). The summed E-state index contributed by atoms with van der Waals surface area (Å²) in [5.41, 5.74) is 2.89. The third-order valence-electron chi connectivity index (χ3n) is 4.27. The predicted octanol–water partition coefficient (Wildman–Crippen LogP) is 3.61. The van der Waals surface area contributed by atoms with Crippen LogP contribution in [0.5, 0.6) is 11.5 Å². The number of amides is 1. The molecule has 1 amide bonds. The Morgan fingerprint density at radius 1 is 0.897 bits per heavy atom. The van der Waals surface area contributed by atoms with Gasteiger partial charge in [0.1, 0.15) is 16.5 Å². The Hall–Kier alpha value is -3.06. The molecule has 3 aromatic rings. The average molecular weight is 410 g/mol. The van der Waals surface area contributed by atoms with Crippen LogP contribution < -0.4 is 14.8 Å². The number of carbonyl (C=O) groups is 1. The largest absolute Gasteiger partial charge is 0.497 e. The number of benzene rings is 2. The monoisotopic (exact) mass is 409 g/mol. The maximum atomic E-state index is 12.0. The topological polar surface area (TPSA) is 73.3 Å². The minimum Gasteiger partial charge on any atom is -0.497 e. The Kier molecular flexibility index (Phi) is 7.47. The van der Waals surface area contributed by atoms with E-state index in [0.29, 0.717) is 17.3 Å². The molecule has 0 aliphatic carbocycles. The first-order valence-corrected chi connectivity index (χ1v) is 10.2. The van der Waals surface area contributed by atoms with Crippen molar-refractivity contribution >= 4 is 17.7 Å². The molecule has 0 fully saturated rings. The molecule has 0 radical (unpaired) electrons. The van der Waals surface area contributed by atoms with Crippen molar-refractivity contribution in [2.75, 3.05) is 26.5 Å². The van der Waals surface area contributed by atoms with Crippen LogP contribution >= 0.6 is 11.8 Å². The standard InChI is InChI=1S/C22H23N3O3S/c1-27-18-7-3-16(4-8-18)13-14-23-21(26)15-29-22-12-11-20(24-25-22)17-5-9-19(28-2)10-6-17/h3-12H,13-15H2,1-2H3,(H,23,26). The summed E-state index contributed by atoms with van der Waals surface area (Å²) in [6.07, 6.45) is 0.775. The van der Waals surface area contributed by atoms with Gasteiger partial charge in [0.05, 0.1) is 25.7 Å². The summed E-state index contributed by atoms with van der Waals surface area (Å²) in [6.45, 7) is 0.591. The predicted molar refractivity (Wildman–Crippen MR) is 114 cm³/mol. The number of nitrogens with one attached hydrogen (secondary N) is 1. The molecule has 7 heteroatoms. The molecule has 0 saturated heterocycles. The van der Waals surface area contributed by atoms with E-state index in [1.807, 2.05) is 60.7 Å². The minimum absolute atomic E-state index is 0.0236. The number of ether oxygens (including phenoxy) is 2. The Morgan fingerprint density at radius 3 is 2.14 bits per heavy atom. The van der Waals surface area contributed by atoms with E-state index in [0.717, 1.165) is 34.7 Å². The quantitative estimate of drug-likeness (QED) is 0.544. The van der Waals surface area contributed by atoms with E-state index < -0.39 is 0 Å². The average Bonchev–Trinajstić information content (AvgIpc) is 2.78. The fourth-order valence-corrected chi connectivity index (χ4v) is 3.29. The van der Waals surface area contributed by atoms with E-state index in [2.05, 4.69) is 15.5 Å². The molecule has 1 heterocycles. The van der Waals surface area contributed by atoms with Gasteiger partial charge in [-0.15, -0.1) is 10.2 Å². The maximum absolute atomic E-state index is 12.0. The lowest BCUT2D eigenvalue weighted by atomic mass is 10.1. The van der Waals surface area contributed by atoms with Gasteiger partial charge in [0.25, 0.3) is 0 Å². The molecule has 0 saturated carbocycles. The van der Waals surface area contributed by atoms with Gasteiger partial charge in [0.15, 0.2) is 0 Å². The van der Waals surface area contributed by atoms with Crippen molar-refractivity contribution in [3.05, 3.63) is 66.2 Å². The lowest BCUT2D eigenvalue weighted by molar-refractivity contribution is -0.118. The van der Waals surface area contributed by atoms with E-state index in [4.69, 9.17) is 9.47 Å². The van der Waals surface area contributed by atoms with Crippen molar-refractivity contribution in [2.45, 2.75) is 11.4 Å². The summed E-state index contributed by atoms with van der Waals surface area (Å²) in [7, 11) is 3.28. The van der Waals surface area contributed by atoms with Crippen LogP contribution in [0.1, 0.15) is 5.56 Å². The number of thioether (sulfide) groups is 1. The van der Waals surface area contributed by atoms with E-state index in [1.54, 1.807) is 14.2 Å². The van der Waals surface area contributed by atoms with Gasteiger partial charge in [-0.3, -0.25) is 4.79 Å². The van der Waals surface area contributed by atoms with Crippen LogP contribution in [-0.4, -0.2) is 42.6 Å². The highest BCUT2D eigenvalue weighted by Crippen LogP contribution is 2.22. The fourth-order valence-electron chi connectivity index (χ4n) is 2.64. The Morgan fingerprint density at radius 2 is 1.55 bits per heavy atom. The van der Waals surface area contributed by atoms with Gasteiger partial charge in [-0.2, -0.15) is 0 Å². The normalized spacial score (nSPS) is 10.4. The molecule has 1 N–H and O–H groups in total. The summed E-state index contributed by atoms with van der Waals surface area (Å²) in [4.78, 5) is 12.0. The lowest BCUT2D eigenvalue weighted by Gasteiger charge is -2.06. The first kappa shape index (κ1) is 20.7. The second kappa shape index (κ2) is 10.5. The summed E-state index contributed by atoms with van der Waals surface area (Å²) in [6, 6.07) is 19.3. The first-order valence-electron chi connectivity index (χ1n) is 9.18. The number of hydrogen-bond donors (Lipinski definition) is 1. The minimum atomic E-state index is -0.0236. The van der Waals surface area contributed by atoms with Crippen LogP contribution in [-0.2, 0) is 11.2 Å². The zero-order valence-electron chi connectivity index (χ0n) is 16.4. The third kappa shape index (κ3) is 6.22. The smallest absolute Gasteiger partial charge is 0.230 e. The number of hydrogen-bond acceptors (Lipinski definition) is 6. The summed E-state index contributed by atoms with van der Waals surface area (Å²) in [5.74, 6) is 1.91. The van der Waals surface area contributed by atoms with E-state index >= 15 is 0 Å². The van der Waals surface area contributed by atoms with Crippen molar-refractivity contribution in [1.29, 1.82) is 0 Å². The number of rotatable bonds is 9. The number of aromatic nitrogens is 2. The van der Waals surface area contributed by atoms with Crippen molar-refractivity contribution in [1.82, 2.24) is 15.5 Å². The van der Waals surface area contributed by atoms with Crippen molar-refractivity contribution < 1.29 is 14.3 Å². The van der Waals surface area contributed by atoms with Gasteiger partial charge in [-0.1, -0.05) is 23.9 Å². The highest BCUT2D eigenvalue weighted by Gasteiger charge is 2.06. The number of methoxy groups -OCH3 is 2. The molecule has 2 aromatic carbocycles. The van der Waals surface area contributed by atoms with E-state index in [1.165, 1.54) is 11.8 Å². The van der Waals surface area contributed by atoms with Gasteiger partial charge in [-0.25, -0.2) is 0 Å². The zero-order chi connectivity index (χ0) is 20.5. The Labute approximate surface area is 174 Å². The molecule has 0 spiro atoms. The Bertz CT molecular complexity index is 914. The maximum Gasteiger partial charge on any atom is 0.230 e. The van der Waals surface area contributed by atoms with Crippen molar-refractivity contribution in [3.63, 3.8) is 0 Å². The van der Waals surface area contributed by atoms with E-state index in [9.17, 15) is 4.79 Å². The van der Waals surface area contributed by atoms with Crippen LogP contribution in [0.2, 0.25) is 0 Å². The molecular weight excluding hydrogens is 386 g/mol. The second-order valence-electron chi connectivity index (χ2n) is 6.22. The molecule has 0 atom stereocenters. The molecule has 0 unspecified atom stereocenters. The third-order valence-corrected chi connectivity index (χ3v) is 5.19. The highest BCUT2D eigenvalue weighted by atomic mass is 32.2. The van der Waals surface area contributed by atoms with Gasteiger partial charge in [0.2, 0.25) is 5.91 Å². The summed E-state index contributed by atoms with van der Waals surface area (Å²) >= 11 is 1.37. The van der Waals surface area contributed by atoms with Gasteiger partial charge in [0, 0.05) is 12.1 Å². The summed E-state index contributed by atoms with van der Waals surface area (Å²) in [5, 5.41) is 12.1. The molecule has 0 bridgehead atoms. The first-order chi connectivity index (χ1) is 14.2. The van der Waals surface area contributed by atoms with Crippen LogP contribution in [0, 0.1) is 0 Å². The van der Waals surface area contributed by atoms with Gasteiger partial charge in [-0.05, 0) is 60.5 Å². The molecule has 0 aliphatic heterocycles.